The van der Waals surface area contributed by atoms with Gasteiger partial charge in [-0.3, -0.25) is 4.79 Å². The summed E-state index contributed by atoms with van der Waals surface area (Å²) in [6.07, 6.45) is 0. The first kappa shape index (κ1) is 15.7. The number of halogens is 3. The van der Waals surface area contributed by atoms with E-state index in [1.807, 2.05) is 0 Å². The number of benzene rings is 1. The number of phenols is 1. The highest BCUT2D eigenvalue weighted by atomic mass is 79.9. The summed E-state index contributed by atoms with van der Waals surface area (Å²) in [6.45, 7) is 0. The Morgan fingerprint density at radius 3 is 2.25 bits per heavy atom. The second kappa shape index (κ2) is 6.44. The van der Waals surface area contributed by atoms with Crippen LogP contribution in [0.4, 0.5) is 0 Å². The van der Waals surface area contributed by atoms with Crippen LogP contribution in [0.25, 0.3) is 0 Å². The van der Waals surface area contributed by atoms with Gasteiger partial charge in [0.2, 0.25) is 0 Å². The summed E-state index contributed by atoms with van der Waals surface area (Å²) in [5.41, 5.74) is 6.19. The topological polar surface area (TPSA) is 72.5 Å². The first-order valence-electron chi connectivity index (χ1n) is 3.98. The van der Waals surface area contributed by atoms with Crippen molar-refractivity contribution in [3.05, 3.63) is 26.6 Å². The smallest absolute Gasteiger partial charge is 0.327 e. The van der Waals surface area contributed by atoms with Gasteiger partial charge >= 0.3 is 5.97 Å². The molecule has 1 aromatic carbocycles. The first-order valence-corrected chi connectivity index (χ1v) is 5.57. The molecule has 0 saturated carbocycles. The van der Waals surface area contributed by atoms with Gasteiger partial charge in [-0.1, -0.05) is 0 Å². The van der Waals surface area contributed by atoms with Gasteiger partial charge in [0.25, 0.3) is 0 Å². The van der Waals surface area contributed by atoms with Crippen LogP contribution in [0, 0.1) is 0 Å². The molecule has 0 aromatic heterocycles. The quantitative estimate of drug-likeness (QED) is 0.779. The molecule has 0 radical (unpaired) electrons. The molecule has 1 aromatic rings. The number of nitrogens with two attached hydrogens (primary N) is 1. The number of carbonyl (C=O) groups is 1. The summed E-state index contributed by atoms with van der Waals surface area (Å²) >= 11 is 6.30. The zero-order valence-corrected chi connectivity index (χ0v) is 12.2. The number of ether oxygens (including phenoxy) is 1. The monoisotopic (exact) mass is 373 g/mol. The van der Waals surface area contributed by atoms with Crippen molar-refractivity contribution < 1.29 is 14.6 Å². The van der Waals surface area contributed by atoms with Crippen LogP contribution >= 0.6 is 44.3 Å². The second-order valence-electron chi connectivity index (χ2n) is 2.83. The number of esters is 1. The number of carbonyl (C=O) groups excluding carboxylic acids is 1. The highest BCUT2D eigenvalue weighted by Crippen LogP contribution is 2.34. The molecule has 1 rings (SSSR count). The molecular weight excluding hydrogens is 365 g/mol. The largest absolute Gasteiger partial charge is 0.506 e. The number of hydrogen-bond donors (Lipinski definition) is 2. The van der Waals surface area contributed by atoms with E-state index in [0.717, 1.165) is 0 Å². The van der Waals surface area contributed by atoms with Crippen molar-refractivity contribution in [3.63, 3.8) is 0 Å². The van der Waals surface area contributed by atoms with Crippen LogP contribution in [-0.2, 0) is 9.53 Å². The molecule has 0 bridgehead atoms. The summed E-state index contributed by atoms with van der Waals surface area (Å²) in [4.78, 5) is 11.2. The van der Waals surface area contributed by atoms with Gasteiger partial charge in [0, 0.05) is 0 Å². The van der Waals surface area contributed by atoms with E-state index in [-0.39, 0.29) is 18.2 Å². The van der Waals surface area contributed by atoms with E-state index in [2.05, 4.69) is 36.6 Å². The zero-order chi connectivity index (χ0) is 11.6. The van der Waals surface area contributed by atoms with Crippen LogP contribution < -0.4 is 5.73 Å². The summed E-state index contributed by atoms with van der Waals surface area (Å²) in [5.74, 6) is -0.463. The molecule has 0 amide bonds. The fourth-order valence-electron chi connectivity index (χ4n) is 1.03. The molecule has 3 N–H and O–H groups in total. The predicted molar refractivity (Wildman–Crippen MR) is 69.7 cm³/mol. The molecule has 16 heavy (non-hydrogen) atoms. The minimum Gasteiger partial charge on any atom is -0.506 e. The lowest BCUT2D eigenvalue weighted by atomic mass is 10.1. The SMILES string of the molecule is COC(=O)[C@H](N)c1cc(Br)c(O)c(Br)c1.Cl. The first-order chi connectivity index (χ1) is 6.97. The van der Waals surface area contributed by atoms with E-state index in [4.69, 9.17) is 5.73 Å². The van der Waals surface area contributed by atoms with Crippen molar-refractivity contribution in [1.29, 1.82) is 0 Å². The summed E-state index contributed by atoms with van der Waals surface area (Å²) < 4.78 is 5.45. The third-order valence-corrected chi connectivity index (χ3v) is 3.06. The van der Waals surface area contributed by atoms with Crippen molar-refractivity contribution in [3.8, 4) is 5.75 Å². The molecule has 0 saturated heterocycles. The Balaban J connectivity index is 0.00000225. The Hall–Kier alpha value is -0.300. The molecular formula is C9H10Br2ClNO3. The normalized spacial score (nSPS) is 11.5. The molecule has 0 heterocycles. The lowest BCUT2D eigenvalue weighted by Gasteiger charge is -2.11. The van der Waals surface area contributed by atoms with E-state index in [0.29, 0.717) is 14.5 Å². The number of methoxy groups -OCH3 is 1. The Labute approximate surface area is 116 Å². The Morgan fingerprint density at radius 1 is 1.44 bits per heavy atom. The van der Waals surface area contributed by atoms with Crippen molar-refractivity contribution in [2.45, 2.75) is 6.04 Å². The van der Waals surface area contributed by atoms with Crippen LogP contribution in [0.1, 0.15) is 11.6 Å². The minimum absolute atomic E-state index is 0. The lowest BCUT2D eigenvalue weighted by molar-refractivity contribution is -0.142. The van der Waals surface area contributed by atoms with Crippen molar-refractivity contribution >= 4 is 50.2 Å². The number of hydrogen-bond acceptors (Lipinski definition) is 4. The Kier molecular flexibility index (Phi) is 6.32. The second-order valence-corrected chi connectivity index (χ2v) is 4.54. The maximum Gasteiger partial charge on any atom is 0.327 e. The average molecular weight is 375 g/mol. The van der Waals surface area contributed by atoms with Gasteiger partial charge in [0.1, 0.15) is 11.8 Å². The Bertz CT molecular complexity index is 377. The van der Waals surface area contributed by atoms with Crippen LogP contribution in [0.5, 0.6) is 5.75 Å². The van der Waals surface area contributed by atoms with Gasteiger partial charge in [0.05, 0.1) is 16.1 Å². The highest BCUT2D eigenvalue weighted by Gasteiger charge is 2.18. The molecule has 0 unspecified atom stereocenters. The molecule has 90 valence electrons. The van der Waals surface area contributed by atoms with Crippen molar-refractivity contribution in [2.75, 3.05) is 7.11 Å². The zero-order valence-electron chi connectivity index (χ0n) is 8.24. The lowest BCUT2D eigenvalue weighted by Crippen LogP contribution is -2.22. The van der Waals surface area contributed by atoms with Crippen LogP contribution in [0.2, 0.25) is 0 Å². The fraction of sp³-hybridized carbons (Fsp3) is 0.222. The summed E-state index contributed by atoms with van der Waals surface area (Å²) in [7, 11) is 1.27. The molecule has 0 aliphatic rings. The molecule has 1 atom stereocenters. The number of phenolic OH excluding ortho intramolecular Hbond substituents is 1. The van der Waals surface area contributed by atoms with Crippen LogP contribution in [0.3, 0.4) is 0 Å². The minimum atomic E-state index is -0.858. The van der Waals surface area contributed by atoms with Gasteiger partial charge in [-0.15, -0.1) is 12.4 Å². The number of rotatable bonds is 2. The van der Waals surface area contributed by atoms with Crippen molar-refractivity contribution in [1.82, 2.24) is 0 Å². The highest BCUT2D eigenvalue weighted by molar-refractivity contribution is 9.11. The predicted octanol–water partition coefficient (Wildman–Crippen LogP) is 2.51. The van der Waals surface area contributed by atoms with Gasteiger partial charge < -0.3 is 15.6 Å². The Morgan fingerprint density at radius 2 is 1.88 bits per heavy atom. The third kappa shape index (κ3) is 3.35. The van der Waals surface area contributed by atoms with Gasteiger partial charge in [0.15, 0.2) is 0 Å². The van der Waals surface area contributed by atoms with E-state index >= 15 is 0 Å². The summed E-state index contributed by atoms with van der Waals surface area (Å²) in [5, 5.41) is 9.46. The maximum absolute atomic E-state index is 11.2. The molecule has 0 fully saturated rings. The van der Waals surface area contributed by atoms with E-state index in [1.54, 1.807) is 12.1 Å². The standard InChI is InChI=1S/C9H9Br2NO3.ClH/c1-15-9(14)7(12)4-2-5(10)8(13)6(11)3-4;/h2-3,7,13H,12H2,1H3;1H/t7-;/m1./s1. The van der Waals surface area contributed by atoms with Gasteiger partial charge in [-0.2, -0.15) is 0 Å². The third-order valence-electron chi connectivity index (χ3n) is 1.85. The molecule has 7 heteroatoms. The van der Waals surface area contributed by atoms with E-state index in [9.17, 15) is 9.90 Å². The average Bonchev–Trinajstić information content (AvgIpc) is 2.23. The van der Waals surface area contributed by atoms with Crippen LogP contribution in [0.15, 0.2) is 21.1 Å². The maximum atomic E-state index is 11.2. The molecule has 0 spiro atoms. The molecule has 4 nitrogen and oxygen atoms in total. The summed E-state index contributed by atoms with van der Waals surface area (Å²) in [6, 6.07) is 2.28. The van der Waals surface area contributed by atoms with Crippen LogP contribution in [-0.4, -0.2) is 18.2 Å². The molecule has 0 aliphatic carbocycles. The van der Waals surface area contributed by atoms with Gasteiger partial charge in [-0.05, 0) is 49.6 Å². The molecule has 0 aliphatic heterocycles. The van der Waals surface area contributed by atoms with E-state index in [1.165, 1.54) is 7.11 Å². The fourth-order valence-corrected chi connectivity index (χ4v) is 2.25. The van der Waals surface area contributed by atoms with Gasteiger partial charge in [-0.25, -0.2) is 0 Å². The van der Waals surface area contributed by atoms with E-state index < -0.39 is 12.0 Å². The van der Waals surface area contributed by atoms with Crippen molar-refractivity contribution in [2.24, 2.45) is 5.73 Å². The number of aromatic hydroxyl groups is 1.